The van der Waals surface area contributed by atoms with E-state index in [1.165, 1.54) is 18.2 Å². The highest BCUT2D eigenvalue weighted by atomic mass is 19.1. The van der Waals surface area contributed by atoms with Gasteiger partial charge in [-0.25, -0.2) is 8.78 Å². The molecule has 0 unspecified atom stereocenters. The van der Waals surface area contributed by atoms with Gasteiger partial charge in [0.2, 0.25) is 0 Å². The fourth-order valence-corrected chi connectivity index (χ4v) is 2.15. The Morgan fingerprint density at radius 1 is 0.950 bits per heavy atom. The Morgan fingerprint density at radius 3 is 2.50 bits per heavy atom. The number of hydrogen-bond donors (Lipinski definition) is 1. The van der Waals surface area contributed by atoms with Gasteiger partial charge in [0, 0.05) is 35.6 Å². The lowest BCUT2D eigenvalue weighted by molar-refractivity contribution is 0.560. The molecule has 20 heavy (non-hydrogen) atoms. The minimum atomic E-state index is -0.545. The van der Waals surface area contributed by atoms with Gasteiger partial charge in [-0.15, -0.1) is 0 Å². The summed E-state index contributed by atoms with van der Waals surface area (Å²) in [5.41, 5.74) is 0.839. The molecule has 1 N–H and O–H groups in total. The lowest BCUT2D eigenvalue weighted by Crippen LogP contribution is -2.04. The number of hydrogen-bond acceptors (Lipinski definition) is 2. The lowest BCUT2D eigenvalue weighted by Gasteiger charge is -2.10. The topological polar surface area (TPSA) is 24.9 Å². The van der Waals surface area contributed by atoms with Crippen molar-refractivity contribution in [2.24, 2.45) is 0 Å². The van der Waals surface area contributed by atoms with Crippen LogP contribution in [0.25, 0.3) is 10.8 Å². The second-order valence-corrected chi connectivity index (χ2v) is 4.46. The van der Waals surface area contributed by atoms with E-state index in [4.69, 9.17) is 0 Å². The highest BCUT2D eigenvalue weighted by Crippen LogP contribution is 2.23. The number of nitrogens with zero attached hydrogens (tertiary/aromatic N) is 1. The monoisotopic (exact) mass is 270 g/mol. The Labute approximate surface area is 115 Å². The largest absolute Gasteiger partial charge is 0.380 e. The van der Waals surface area contributed by atoms with E-state index in [-0.39, 0.29) is 12.1 Å². The van der Waals surface area contributed by atoms with Crippen molar-refractivity contribution in [1.82, 2.24) is 4.98 Å². The van der Waals surface area contributed by atoms with E-state index < -0.39 is 11.6 Å². The molecule has 3 rings (SSSR count). The summed E-state index contributed by atoms with van der Waals surface area (Å²) in [6.07, 6.45) is 3.44. The van der Waals surface area contributed by atoms with Crippen molar-refractivity contribution >= 4 is 16.5 Å². The fourth-order valence-electron chi connectivity index (χ4n) is 2.15. The predicted octanol–water partition coefficient (Wildman–Crippen LogP) is 4.13. The van der Waals surface area contributed by atoms with E-state index in [0.29, 0.717) is 0 Å². The van der Waals surface area contributed by atoms with Crippen LogP contribution < -0.4 is 5.32 Å². The molecular formula is C16H12F2N2. The van der Waals surface area contributed by atoms with Crippen LogP contribution in [0.1, 0.15) is 5.56 Å². The first kappa shape index (κ1) is 12.5. The van der Waals surface area contributed by atoms with Gasteiger partial charge in [-0.1, -0.05) is 18.2 Å². The molecule has 0 aliphatic heterocycles. The van der Waals surface area contributed by atoms with Crippen LogP contribution in [0.15, 0.2) is 54.9 Å². The molecule has 1 aromatic heterocycles. The van der Waals surface area contributed by atoms with Crippen molar-refractivity contribution in [2.45, 2.75) is 6.54 Å². The second-order valence-electron chi connectivity index (χ2n) is 4.46. The molecule has 0 fully saturated rings. The Kier molecular flexibility index (Phi) is 3.29. The normalized spacial score (nSPS) is 10.7. The Balaban J connectivity index is 1.91. The summed E-state index contributed by atoms with van der Waals surface area (Å²) in [6, 6.07) is 11.5. The molecule has 0 aliphatic carbocycles. The van der Waals surface area contributed by atoms with Gasteiger partial charge < -0.3 is 5.32 Å². The van der Waals surface area contributed by atoms with Gasteiger partial charge in [0.25, 0.3) is 0 Å². The third kappa shape index (κ3) is 2.32. The van der Waals surface area contributed by atoms with E-state index in [1.54, 1.807) is 12.4 Å². The zero-order valence-electron chi connectivity index (χ0n) is 10.6. The highest BCUT2D eigenvalue weighted by molar-refractivity contribution is 5.93. The van der Waals surface area contributed by atoms with Gasteiger partial charge in [-0.2, -0.15) is 0 Å². The number of halogens is 2. The van der Waals surface area contributed by atoms with E-state index in [2.05, 4.69) is 10.3 Å². The molecule has 100 valence electrons. The number of anilines is 1. The Morgan fingerprint density at radius 2 is 1.70 bits per heavy atom. The minimum absolute atomic E-state index is 0.0355. The van der Waals surface area contributed by atoms with Crippen molar-refractivity contribution in [2.75, 3.05) is 5.32 Å². The Bertz CT molecular complexity index is 731. The van der Waals surface area contributed by atoms with Gasteiger partial charge in [0.1, 0.15) is 11.6 Å². The van der Waals surface area contributed by atoms with Crippen LogP contribution in [0.2, 0.25) is 0 Å². The maximum Gasteiger partial charge on any atom is 0.131 e. The summed E-state index contributed by atoms with van der Waals surface area (Å²) in [5, 5.41) is 5.02. The Hall–Kier alpha value is -2.49. The molecule has 3 aromatic rings. The number of rotatable bonds is 3. The molecule has 0 aliphatic rings. The molecule has 0 radical (unpaired) electrons. The number of benzene rings is 2. The zero-order valence-corrected chi connectivity index (χ0v) is 10.6. The molecule has 0 spiro atoms. The molecule has 0 amide bonds. The summed E-state index contributed by atoms with van der Waals surface area (Å²) in [5.74, 6) is -1.09. The van der Waals surface area contributed by atoms with Crippen molar-refractivity contribution in [1.29, 1.82) is 0 Å². The smallest absolute Gasteiger partial charge is 0.131 e. The quantitative estimate of drug-likeness (QED) is 0.774. The van der Waals surface area contributed by atoms with Crippen LogP contribution in [0, 0.1) is 11.6 Å². The number of pyridine rings is 1. The maximum absolute atomic E-state index is 13.6. The third-order valence-electron chi connectivity index (χ3n) is 3.20. The van der Waals surface area contributed by atoms with Crippen LogP contribution >= 0.6 is 0 Å². The average Bonchev–Trinajstić information content (AvgIpc) is 2.47. The van der Waals surface area contributed by atoms with Crippen LogP contribution in [0.4, 0.5) is 14.5 Å². The van der Waals surface area contributed by atoms with Crippen molar-refractivity contribution in [3.05, 3.63) is 72.1 Å². The van der Waals surface area contributed by atoms with Crippen LogP contribution in [0.3, 0.4) is 0 Å². The molecule has 4 heteroatoms. The third-order valence-corrected chi connectivity index (χ3v) is 3.20. The van der Waals surface area contributed by atoms with Crippen LogP contribution in [0.5, 0.6) is 0 Å². The van der Waals surface area contributed by atoms with Gasteiger partial charge in [-0.05, 0) is 29.7 Å². The fraction of sp³-hybridized carbons (Fsp3) is 0.0625. The molecule has 1 heterocycles. The van der Waals surface area contributed by atoms with Gasteiger partial charge in [0.05, 0.1) is 0 Å². The summed E-state index contributed by atoms with van der Waals surface area (Å²) < 4.78 is 27.1. The van der Waals surface area contributed by atoms with E-state index in [1.807, 2.05) is 24.3 Å². The molecule has 0 atom stereocenters. The summed E-state index contributed by atoms with van der Waals surface area (Å²) in [6.45, 7) is 0.0898. The summed E-state index contributed by atoms with van der Waals surface area (Å²) >= 11 is 0. The van der Waals surface area contributed by atoms with E-state index >= 15 is 0 Å². The molecular weight excluding hydrogens is 258 g/mol. The number of nitrogens with one attached hydrogen (secondary N) is 1. The van der Waals surface area contributed by atoms with Crippen LogP contribution in [-0.2, 0) is 6.54 Å². The minimum Gasteiger partial charge on any atom is -0.380 e. The predicted molar refractivity (Wildman–Crippen MR) is 75.4 cm³/mol. The van der Waals surface area contributed by atoms with Crippen molar-refractivity contribution < 1.29 is 8.78 Å². The standard InChI is InChI=1S/C16H12F2N2/c17-14-4-2-5-15(18)13(14)10-20-16-6-1-3-11-7-8-19-9-12(11)16/h1-9,20H,10H2. The number of aromatic nitrogens is 1. The average molecular weight is 270 g/mol. The van der Waals surface area contributed by atoms with E-state index in [0.717, 1.165) is 16.5 Å². The van der Waals surface area contributed by atoms with Crippen molar-refractivity contribution in [3.63, 3.8) is 0 Å². The van der Waals surface area contributed by atoms with E-state index in [9.17, 15) is 8.78 Å². The highest BCUT2D eigenvalue weighted by Gasteiger charge is 2.08. The summed E-state index contributed by atoms with van der Waals surface area (Å²) in [7, 11) is 0. The van der Waals surface area contributed by atoms with Gasteiger partial charge in [0.15, 0.2) is 0 Å². The number of fused-ring (bicyclic) bond motifs is 1. The first-order valence-electron chi connectivity index (χ1n) is 6.25. The zero-order chi connectivity index (χ0) is 13.9. The molecule has 0 saturated carbocycles. The van der Waals surface area contributed by atoms with Crippen molar-refractivity contribution in [3.8, 4) is 0 Å². The maximum atomic E-state index is 13.6. The molecule has 0 saturated heterocycles. The SMILES string of the molecule is Fc1cccc(F)c1CNc1cccc2ccncc12. The molecule has 2 nitrogen and oxygen atoms in total. The lowest BCUT2D eigenvalue weighted by atomic mass is 10.1. The van der Waals surface area contributed by atoms with Gasteiger partial charge in [-0.3, -0.25) is 4.98 Å². The second kappa shape index (κ2) is 5.25. The van der Waals surface area contributed by atoms with Crippen LogP contribution in [-0.4, -0.2) is 4.98 Å². The van der Waals surface area contributed by atoms with Gasteiger partial charge >= 0.3 is 0 Å². The molecule has 0 bridgehead atoms. The molecule has 2 aromatic carbocycles. The summed E-state index contributed by atoms with van der Waals surface area (Å²) in [4.78, 5) is 4.08. The first-order valence-corrected chi connectivity index (χ1v) is 6.25. The first-order chi connectivity index (χ1) is 9.75.